The SMILES string of the molecule is CC1(C)CCC(C)(C)c2cc3c(cc21)C1=Nc2c4cc5c(cc4c4n2[B-]2(Cl)n6c(c7cc8c(cc7c6=N4)C(C)(C)CCC8(C)C)=NC3=[N+]12)C(C)(C)CCC5(C)C. The summed E-state index contributed by atoms with van der Waals surface area (Å²) in [7, 11) is 0. The van der Waals surface area contributed by atoms with E-state index in [0.717, 1.165) is 105 Å². The van der Waals surface area contributed by atoms with Crippen LogP contribution in [0.2, 0.25) is 0 Å². The van der Waals surface area contributed by atoms with Crippen molar-refractivity contribution in [2.24, 2.45) is 15.0 Å². The standard InChI is InChI=1S/C48H54BClN6/c1-43(2)13-14-44(3,4)32-20-26-25(19-31(32)43)37-51-39-27-21-33-34(46(7,8)16-15-45(33,5)6)22-28(27)41-53-42-30-24-36-35(47(9,10)17-18-48(36,11)12)23-29(30)40-52-38(26)54(37)49(50,55(39)41)56(40)42/h19-24H,13-18H2,1-12H3. The highest BCUT2D eigenvalue weighted by Gasteiger charge is 2.56. The van der Waals surface area contributed by atoms with Crippen molar-refractivity contribution in [1.82, 2.24) is 8.96 Å². The van der Waals surface area contributed by atoms with Crippen molar-refractivity contribution < 1.29 is 4.49 Å². The molecule has 0 saturated heterocycles. The van der Waals surface area contributed by atoms with Crippen LogP contribution in [0.1, 0.15) is 166 Å². The van der Waals surface area contributed by atoms with Gasteiger partial charge in [-0.2, -0.15) is 0 Å². The van der Waals surface area contributed by atoms with Gasteiger partial charge in [-0.1, -0.05) is 93.1 Å². The molecule has 6 nitrogen and oxygen atoms in total. The minimum atomic E-state index is -2.21. The van der Waals surface area contributed by atoms with E-state index in [2.05, 4.69) is 133 Å². The Morgan fingerprint density at radius 3 is 1.27 bits per heavy atom. The highest BCUT2D eigenvalue weighted by Crippen LogP contribution is 2.55. The van der Waals surface area contributed by atoms with Crippen LogP contribution in [0.4, 0.5) is 11.6 Å². The highest BCUT2D eigenvalue weighted by atomic mass is 35.5. The van der Waals surface area contributed by atoms with Crippen LogP contribution in [0.5, 0.6) is 0 Å². The second-order valence-electron chi connectivity index (χ2n) is 22.7. The van der Waals surface area contributed by atoms with E-state index >= 15 is 0 Å². The van der Waals surface area contributed by atoms with Gasteiger partial charge in [-0.25, -0.2) is 4.99 Å². The number of rotatable bonds is 0. The normalized spacial score (nSPS) is 26.4. The zero-order chi connectivity index (χ0) is 39.2. The van der Waals surface area contributed by atoms with Gasteiger partial charge < -0.3 is 13.4 Å². The average molecular weight is 761 g/mol. The summed E-state index contributed by atoms with van der Waals surface area (Å²) < 4.78 is 6.95. The summed E-state index contributed by atoms with van der Waals surface area (Å²) in [5.41, 5.74) is 13.0. The average Bonchev–Trinajstić information content (AvgIpc) is 3.74. The Balaban J connectivity index is 1.28. The summed E-state index contributed by atoms with van der Waals surface area (Å²) in [4.78, 5) is 17.2. The van der Waals surface area contributed by atoms with Gasteiger partial charge in [0.1, 0.15) is 11.3 Å². The molecule has 0 amide bonds. The predicted octanol–water partition coefficient (Wildman–Crippen LogP) is 10.5. The van der Waals surface area contributed by atoms with Gasteiger partial charge in [-0.3, -0.25) is 11.5 Å². The van der Waals surface area contributed by atoms with E-state index in [1.54, 1.807) is 0 Å². The van der Waals surface area contributed by atoms with Crippen LogP contribution in [0.15, 0.2) is 51.4 Å². The fourth-order valence-electron chi connectivity index (χ4n) is 12.3. The Labute approximate surface area is 335 Å². The molecule has 56 heavy (non-hydrogen) atoms. The molecular formula is C48H54BClN6. The van der Waals surface area contributed by atoms with E-state index < -0.39 is 5.97 Å². The number of hydrogen-bond acceptors (Lipinski definition) is 3. The van der Waals surface area contributed by atoms with E-state index in [4.69, 9.17) is 26.4 Å². The second-order valence-corrected chi connectivity index (χ2v) is 23.2. The van der Waals surface area contributed by atoms with Crippen LogP contribution in [0.25, 0.3) is 21.5 Å². The topological polar surface area (TPSA) is 49.9 Å². The lowest BCUT2D eigenvalue weighted by Crippen LogP contribution is -2.68. The number of hydrogen-bond donors (Lipinski definition) is 0. The predicted molar refractivity (Wildman–Crippen MR) is 231 cm³/mol. The number of benzene rings is 3. The van der Waals surface area contributed by atoms with Crippen LogP contribution in [0.3, 0.4) is 0 Å². The van der Waals surface area contributed by atoms with Gasteiger partial charge in [0.15, 0.2) is 11.3 Å². The Morgan fingerprint density at radius 2 is 0.821 bits per heavy atom. The van der Waals surface area contributed by atoms with Crippen molar-refractivity contribution in [3.8, 4) is 0 Å². The summed E-state index contributed by atoms with van der Waals surface area (Å²) in [5.74, 6) is 1.47. The molecule has 0 N–H and O–H groups in total. The van der Waals surface area contributed by atoms with E-state index in [9.17, 15) is 0 Å². The Bertz CT molecular complexity index is 3000. The van der Waals surface area contributed by atoms with Crippen molar-refractivity contribution in [2.75, 3.05) is 0 Å². The molecule has 5 aromatic rings. The van der Waals surface area contributed by atoms with Gasteiger partial charge >= 0.3 is 5.97 Å². The van der Waals surface area contributed by atoms with Crippen molar-refractivity contribution in [2.45, 2.75) is 154 Å². The molecule has 0 fully saturated rings. The van der Waals surface area contributed by atoms with Crippen LogP contribution >= 0.6 is 11.5 Å². The molecule has 286 valence electrons. The molecule has 4 aliphatic heterocycles. The van der Waals surface area contributed by atoms with E-state index in [1.165, 1.54) is 33.4 Å². The number of halogens is 1. The second kappa shape index (κ2) is 9.49. The van der Waals surface area contributed by atoms with E-state index in [-0.39, 0.29) is 32.5 Å². The Morgan fingerprint density at radius 1 is 0.464 bits per heavy atom. The van der Waals surface area contributed by atoms with Crippen LogP contribution in [-0.4, -0.2) is 31.1 Å². The third-order valence-corrected chi connectivity index (χ3v) is 17.0. The molecule has 3 aliphatic carbocycles. The lowest BCUT2D eigenvalue weighted by Gasteiger charge is -2.43. The monoisotopic (exact) mass is 760 g/mol. The van der Waals surface area contributed by atoms with Gasteiger partial charge in [-0.05, 0) is 141 Å². The van der Waals surface area contributed by atoms with Crippen LogP contribution < -0.4 is 11.0 Å². The van der Waals surface area contributed by atoms with Crippen molar-refractivity contribution in [3.05, 3.63) is 91.9 Å². The molecule has 0 radical (unpaired) electrons. The smallest absolute Gasteiger partial charge is 0.405 e. The zero-order valence-corrected chi connectivity index (χ0v) is 36.1. The fourth-order valence-corrected chi connectivity index (χ4v) is 12.9. The van der Waals surface area contributed by atoms with Crippen molar-refractivity contribution in [1.29, 1.82) is 0 Å². The summed E-state index contributed by atoms with van der Waals surface area (Å²) in [6, 6.07) is 14.8. The van der Waals surface area contributed by atoms with Gasteiger partial charge in [-0.15, -0.1) is 0 Å². The molecule has 8 heteroatoms. The first-order chi connectivity index (χ1) is 26.1. The Hall–Kier alpha value is -3.97. The third kappa shape index (κ3) is 3.75. The number of aromatic nitrogens is 2. The highest BCUT2D eigenvalue weighted by molar-refractivity contribution is 7.15. The molecule has 0 bridgehead atoms. The summed E-state index contributed by atoms with van der Waals surface area (Å²) in [5, 5.41) is 4.60. The number of aliphatic imine (C=N–C) groups is 1. The number of nitrogens with zero attached hydrogens (tertiary/aromatic N) is 6. The Kier molecular flexibility index (Phi) is 5.78. The summed E-state index contributed by atoms with van der Waals surface area (Å²) >= 11 is 8.65. The fraction of sp³-hybridized carbons (Fsp3) is 0.500. The quantitative estimate of drug-likeness (QED) is 0.141. The number of fused-ring (bicyclic) bond motifs is 12. The molecule has 0 spiro atoms. The minimum Gasteiger partial charge on any atom is -0.405 e. The van der Waals surface area contributed by atoms with Crippen LogP contribution in [-0.2, 0) is 32.5 Å². The molecule has 12 rings (SSSR count). The van der Waals surface area contributed by atoms with Gasteiger partial charge in [0, 0.05) is 21.5 Å². The molecule has 2 aromatic heterocycles. The molecule has 1 unspecified atom stereocenters. The van der Waals surface area contributed by atoms with Gasteiger partial charge in [0.2, 0.25) is 11.7 Å². The third-order valence-electron chi connectivity index (χ3n) is 16.4. The van der Waals surface area contributed by atoms with E-state index in [1.807, 2.05) is 0 Å². The number of amidine groups is 2. The molecule has 7 aliphatic rings. The maximum Gasteiger partial charge on any atom is 0.460 e. The molecule has 6 heterocycles. The maximum atomic E-state index is 8.65. The van der Waals surface area contributed by atoms with Crippen molar-refractivity contribution >= 4 is 62.3 Å². The van der Waals surface area contributed by atoms with Gasteiger partial charge in [0.05, 0.1) is 11.1 Å². The largest absolute Gasteiger partial charge is 0.460 e. The van der Waals surface area contributed by atoms with Gasteiger partial charge in [0.25, 0.3) is 0 Å². The maximum absolute atomic E-state index is 8.65. The van der Waals surface area contributed by atoms with E-state index in [0.29, 0.717) is 0 Å². The summed E-state index contributed by atoms with van der Waals surface area (Å²) in [6.45, 7) is 29.0. The minimum absolute atomic E-state index is 0.0549. The summed E-state index contributed by atoms with van der Waals surface area (Å²) in [6.07, 6.45) is 6.92. The van der Waals surface area contributed by atoms with Crippen molar-refractivity contribution in [3.63, 3.8) is 0 Å². The lowest BCUT2D eigenvalue weighted by molar-refractivity contribution is -0.263. The molecule has 0 saturated carbocycles. The zero-order valence-electron chi connectivity index (χ0n) is 35.3. The first-order valence-corrected chi connectivity index (χ1v) is 21.7. The lowest BCUT2D eigenvalue weighted by atomic mass is 9.62. The molecular weight excluding hydrogens is 707 g/mol. The van der Waals surface area contributed by atoms with Crippen LogP contribution in [0, 0.1) is 0 Å². The first kappa shape index (κ1) is 34.1. The molecule has 1 atom stereocenters. The molecule has 3 aromatic carbocycles. The first-order valence-electron chi connectivity index (χ1n) is 21.3.